The van der Waals surface area contributed by atoms with Gasteiger partial charge in [0, 0.05) is 18.2 Å². The lowest BCUT2D eigenvalue weighted by Gasteiger charge is -2.06. The average Bonchev–Trinajstić information content (AvgIpc) is 3.11. The Labute approximate surface area is 150 Å². The molecule has 0 aliphatic carbocycles. The lowest BCUT2D eigenvalue weighted by Crippen LogP contribution is -2.27. The fourth-order valence-electron chi connectivity index (χ4n) is 2.55. The average molecular weight is 354 g/mol. The van der Waals surface area contributed by atoms with Gasteiger partial charge in [0.1, 0.15) is 11.6 Å². The highest BCUT2D eigenvalue weighted by Crippen LogP contribution is 2.20. The molecule has 2 aromatic carbocycles. The molecule has 1 aromatic heterocycles. The number of aromatic nitrogens is 1. The minimum atomic E-state index is -0.316. The van der Waals surface area contributed by atoms with Crippen LogP contribution in [0.2, 0.25) is 0 Å². The van der Waals surface area contributed by atoms with Crippen molar-refractivity contribution in [2.24, 2.45) is 0 Å². The van der Waals surface area contributed by atoms with Crippen molar-refractivity contribution in [1.29, 1.82) is 0 Å². The zero-order chi connectivity index (χ0) is 18.4. The van der Waals surface area contributed by atoms with E-state index in [-0.39, 0.29) is 18.1 Å². The second-order valence-corrected chi connectivity index (χ2v) is 5.82. The van der Waals surface area contributed by atoms with Gasteiger partial charge in [0.25, 0.3) is 0 Å². The number of nitrogens with one attached hydrogen (secondary N) is 1. The fraction of sp³-hybridized carbons (Fsp3) is 0.200. The summed E-state index contributed by atoms with van der Waals surface area (Å²) in [5.74, 6) is 0.852. The molecule has 0 unspecified atom stereocenters. The van der Waals surface area contributed by atoms with E-state index >= 15 is 0 Å². The van der Waals surface area contributed by atoms with Crippen LogP contribution in [-0.2, 0) is 17.6 Å². The summed E-state index contributed by atoms with van der Waals surface area (Å²) in [4.78, 5) is 12.0. The molecule has 0 aliphatic heterocycles. The number of carbonyl (C=O) groups excluding carboxylic acids is 1. The van der Waals surface area contributed by atoms with Gasteiger partial charge in [-0.3, -0.25) is 4.79 Å². The summed E-state index contributed by atoms with van der Waals surface area (Å²) in [5, 5.41) is 6.76. The molecule has 0 saturated carbocycles. The maximum absolute atomic E-state index is 13.0. The van der Waals surface area contributed by atoms with E-state index in [1.165, 1.54) is 12.1 Å². The van der Waals surface area contributed by atoms with E-state index in [9.17, 15) is 9.18 Å². The Bertz CT molecular complexity index is 875. The molecule has 1 amide bonds. The van der Waals surface area contributed by atoms with Crippen molar-refractivity contribution in [3.8, 4) is 17.1 Å². The first-order valence-electron chi connectivity index (χ1n) is 8.25. The van der Waals surface area contributed by atoms with Crippen molar-refractivity contribution in [2.45, 2.75) is 12.8 Å². The Morgan fingerprint density at radius 2 is 2.00 bits per heavy atom. The Kier molecular flexibility index (Phi) is 5.63. The van der Waals surface area contributed by atoms with Gasteiger partial charge in [-0.15, -0.1) is 0 Å². The van der Waals surface area contributed by atoms with Crippen molar-refractivity contribution < 1.29 is 18.4 Å². The number of benzene rings is 2. The third-order valence-corrected chi connectivity index (χ3v) is 3.90. The molecule has 0 radical (unpaired) electrons. The highest BCUT2D eigenvalue weighted by atomic mass is 19.1. The van der Waals surface area contributed by atoms with Crippen LogP contribution in [0.1, 0.15) is 11.3 Å². The van der Waals surface area contributed by atoms with E-state index in [1.807, 2.05) is 24.3 Å². The number of carbonyl (C=O) groups is 1. The largest absolute Gasteiger partial charge is 0.497 e. The minimum absolute atomic E-state index is 0.128. The van der Waals surface area contributed by atoms with E-state index in [0.717, 1.165) is 11.3 Å². The second-order valence-electron chi connectivity index (χ2n) is 5.82. The molecule has 26 heavy (non-hydrogen) atoms. The molecule has 1 heterocycles. The normalized spacial score (nSPS) is 10.5. The van der Waals surface area contributed by atoms with E-state index in [1.54, 1.807) is 25.3 Å². The standard InChI is InChI=1S/C20H19FN2O3/c1-25-18-4-2-3-14(11-18)9-10-22-20(24)13-17-12-19(26-23-17)15-5-7-16(21)8-6-15/h2-8,11-12H,9-10,13H2,1H3,(H,22,24). The van der Waals surface area contributed by atoms with Gasteiger partial charge in [0.2, 0.25) is 5.91 Å². The van der Waals surface area contributed by atoms with E-state index < -0.39 is 0 Å². The van der Waals surface area contributed by atoms with Crippen LogP contribution in [0.25, 0.3) is 11.3 Å². The molecule has 0 saturated heterocycles. The molecule has 0 atom stereocenters. The maximum atomic E-state index is 13.0. The molecule has 0 bridgehead atoms. The summed E-state index contributed by atoms with van der Waals surface area (Å²) in [6.07, 6.45) is 0.839. The minimum Gasteiger partial charge on any atom is -0.497 e. The molecule has 6 heteroatoms. The van der Waals surface area contributed by atoms with Crippen molar-refractivity contribution in [2.75, 3.05) is 13.7 Å². The van der Waals surface area contributed by atoms with Gasteiger partial charge < -0.3 is 14.6 Å². The Morgan fingerprint density at radius 1 is 1.19 bits per heavy atom. The van der Waals surface area contributed by atoms with Crippen LogP contribution in [0.3, 0.4) is 0 Å². The maximum Gasteiger partial charge on any atom is 0.226 e. The highest BCUT2D eigenvalue weighted by molar-refractivity contribution is 5.78. The number of methoxy groups -OCH3 is 1. The van der Waals surface area contributed by atoms with Crippen LogP contribution in [0.15, 0.2) is 59.1 Å². The van der Waals surface area contributed by atoms with Gasteiger partial charge >= 0.3 is 0 Å². The molecule has 0 aliphatic rings. The first-order chi connectivity index (χ1) is 12.6. The van der Waals surface area contributed by atoms with Crippen LogP contribution in [0.4, 0.5) is 4.39 Å². The van der Waals surface area contributed by atoms with Gasteiger partial charge in [-0.05, 0) is 48.4 Å². The highest BCUT2D eigenvalue weighted by Gasteiger charge is 2.10. The summed E-state index contributed by atoms with van der Waals surface area (Å²) >= 11 is 0. The Morgan fingerprint density at radius 3 is 2.77 bits per heavy atom. The quantitative estimate of drug-likeness (QED) is 0.706. The summed E-state index contributed by atoms with van der Waals surface area (Å²) < 4.78 is 23.4. The first-order valence-corrected chi connectivity index (χ1v) is 8.25. The van der Waals surface area contributed by atoms with Gasteiger partial charge in [-0.25, -0.2) is 4.39 Å². The third kappa shape index (κ3) is 4.69. The topological polar surface area (TPSA) is 64.4 Å². The number of nitrogens with zero attached hydrogens (tertiary/aromatic N) is 1. The van der Waals surface area contributed by atoms with Crippen molar-refractivity contribution in [3.05, 3.63) is 71.7 Å². The van der Waals surface area contributed by atoms with Crippen LogP contribution in [-0.4, -0.2) is 24.7 Å². The van der Waals surface area contributed by atoms with Crippen molar-refractivity contribution in [1.82, 2.24) is 10.5 Å². The van der Waals surface area contributed by atoms with Crippen molar-refractivity contribution >= 4 is 5.91 Å². The summed E-state index contributed by atoms with van der Waals surface area (Å²) in [6.45, 7) is 0.522. The van der Waals surface area contributed by atoms with Crippen LogP contribution >= 0.6 is 0 Å². The third-order valence-electron chi connectivity index (χ3n) is 3.90. The first kappa shape index (κ1) is 17.7. The summed E-state index contributed by atoms with van der Waals surface area (Å²) in [6, 6.07) is 15.3. The SMILES string of the molecule is COc1cccc(CCNC(=O)Cc2cc(-c3ccc(F)cc3)on2)c1. The molecule has 0 spiro atoms. The molecule has 5 nitrogen and oxygen atoms in total. The lowest BCUT2D eigenvalue weighted by molar-refractivity contribution is -0.120. The van der Waals surface area contributed by atoms with Gasteiger partial charge in [0.05, 0.1) is 19.2 Å². The molecular weight excluding hydrogens is 335 g/mol. The lowest BCUT2D eigenvalue weighted by atomic mass is 10.1. The van der Waals surface area contributed by atoms with Gasteiger partial charge in [-0.2, -0.15) is 0 Å². The monoisotopic (exact) mass is 354 g/mol. The van der Waals surface area contributed by atoms with Crippen LogP contribution in [0, 0.1) is 5.82 Å². The summed E-state index contributed by atoms with van der Waals surface area (Å²) in [7, 11) is 1.62. The zero-order valence-corrected chi connectivity index (χ0v) is 14.4. The van der Waals surface area contributed by atoms with Crippen molar-refractivity contribution in [3.63, 3.8) is 0 Å². The molecule has 1 N–H and O–H groups in total. The van der Waals surface area contributed by atoms with Crippen LogP contribution < -0.4 is 10.1 Å². The second kappa shape index (κ2) is 8.29. The van der Waals surface area contributed by atoms with E-state index in [4.69, 9.17) is 9.26 Å². The number of amides is 1. The number of halogens is 1. The predicted octanol–water partition coefficient (Wildman–Crippen LogP) is 3.39. The van der Waals surface area contributed by atoms with Crippen LogP contribution in [0.5, 0.6) is 5.75 Å². The molecule has 3 aromatic rings. The molecule has 134 valence electrons. The number of hydrogen-bond acceptors (Lipinski definition) is 4. The zero-order valence-electron chi connectivity index (χ0n) is 14.4. The molecular formula is C20H19FN2O3. The Hall–Kier alpha value is -3.15. The molecule has 0 fully saturated rings. The van der Waals surface area contributed by atoms with Gasteiger partial charge in [0.15, 0.2) is 5.76 Å². The summed E-state index contributed by atoms with van der Waals surface area (Å²) in [5.41, 5.74) is 2.33. The predicted molar refractivity (Wildman–Crippen MR) is 95.3 cm³/mol. The Balaban J connectivity index is 1.50. The number of rotatable bonds is 7. The number of ether oxygens (including phenoxy) is 1. The fourth-order valence-corrected chi connectivity index (χ4v) is 2.55. The van der Waals surface area contributed by atoms with E-state index in [0.29, 0.717) is 30.0 Å². The smallest absolute Gasteiger partial charge is 0.226 e. The molecule has 3 rings (SSSR count). The van der Waals surface area contributed by atoms with Gasteiger partial charge in [-0.1, -0.05) is 17.3 Å². The number of hydrogen-bond donors (Lipinski definition) is 1. The van der Waals surface area contributed by atoms with E-state index in [2.05, 4.69) is 10.5 Å².